The lowest BCUT2D eigenvalue weighted by molar-refractivity contribution is -0.122. The van der Waals surface area contributed by atoms with Crippen molar-refractivity contribution in [3.63, 3.8) is 0 Å². The van der Waals surface area contributed by atoms with E-state index >= 15 is 0 Å². The monoisotopic (exact) mass is 384 g/mol. The van der Waals surface area contributed by atoms with Gasteiger partial charge < -0.3 is 9.47 Å². The van der Waals surface area contributed by atoms with Crippen LogP contribution in [0.4, 0.5) is 4.39 Å². The molecule has 0 aliphatic rings. The summed E-state index contributed by atoms with van der Waals surface area (Å²) >= 11 is 0. The van der Waals surface area contributed by atoms with E-state index in [0.717, 1.165) is 4.80 Å². The lowest BCUT2D eigenvalue weighted by Gasteiger charge is -2.09. The van der Waals surface area contributed by atoms with Gasteiger partial charge in [0.1, 0.15) is 12.4 Å². The van der Waals surface area contributed by atoms with Crippen LogP contribution in [0.15, 0.2) is 47.6 Å². The van der Waals surface area contributed by atoms with Gasteiger partial charge in [0.25, 0.3) is 5.91 Å². The summed E-state index contributed by atoms with van der Waals surface area (Å²) in [6, 6.07) is 11.0. The average molecular weight is 384 g/mol. The Bertz CT molecular complexity index is 987. The fourth-order valence-corrected chi connectivity index (χ4v) is 2.38. The summed E-state index contributed by atoms with van der Waals surface area (Å²) in [6.07, 6.45) is 1.44. The number of methoxy groups -OCH3 is 2. The Morgan fingerprint density at radius 1 is 1.21 bits per heavy atom. The number of aromatic nitrogens is 4. The summed E-state index contributed by atoms with van der Waals surface area (Å²) in [5.74, 6) is 0.544. The van der Waals surface area contributed by atoms with Crippen molar-refractivity contribution in [2.45, 2.75) is 6.54 Å². The molecule has 0 fully saturated rings. The van der Waals surface area contributed by atoms with Crippen LogP contribution in [0.1, 0.15) is 5.56 Å². The van der Waals surface area contributed by atoms with Crippen LogP contribution in [0.5, 0.6) is 11.5 Å². The number of ether oxygens (including phenoxy) is 2. The molecule has 0 unspecified atom stereocenters. The SMILES string of the molecule is COc1cccc(/C=N\NC(=O)Cn2nnc(-c3ccc(F)cc3)n2)c1OC. The minimum Gasteiger partial charge on any atom is -0.493 e. The van der Waals surface area contributed by atoms with Crippen LogP contribution in [-0.4, -0.2) is 46.5 Å². The molecular weight excluding hydrogens is 367 g/mol. The molecule has 1 heterocycles. The number of halogens is 1. The smallest absolute Gasteiger partial charge is 0.263 e. The molecule has 0 aliphatic carbocycles. The quantitative estimate of drug-likeness (QED) is 0.491. The Hall–Kier alpha value is -3.82. The van der Waals surface area contributed by atoms with E-state index in [2.05, 4.69) is 25.9 Å². The van der Waals surface area contributed by atoms with E-state index in [4.69, 9.17) is 9.47 Å². The van der Waals surface area contributed by atoms with Gasteiger partial charge in [0.15, 0.2) is 11.5 Å². The summed E-state index contributed by atoms with van der Waals surface area (Å²) in [5.41, 5.74) is 3.61. The molecule has 0 spiro atoms. The standard InChI is InChI=1S/C18H17FN6O3/c1-27-15-5-3-4-13(17(15)28-2)10-20-21-16(26)11-25-23-18(22-24-25)12-6-8-14(19)9-7-12/h3-10H,11H2,1-2H3,(H,21,26)/b20-10-. The molecular formula is C18H17FN6O3. The van der Waals surface area contributed by atoms with E-state index < -0.39 is 5.91 Å². The van der Waals surface area contributed by atoms with Gasteiger partial charge in [-0.15, -0.1) is 10.2 Å². The zero-order valence-corrected chi connectivity index (χ0v) is 15.2. The Kier molecular flexibility index (Phi) is 5.90. The second-order valence-corrected chi connectivity index (χ2v) is 5.53. The molecule has 1 N–H and O–H groups in total. The fraction of sp³-hybridized carbons (Fsp3) is 0.167. The van der Waals surface area contributed by atoms with Crippen LogP contribution in [-0.2, 0) is 11.3 Å². The van der Waals surface area contributed by atoms with Crippen LogP contribution >= 0.6 is 0 Å². The minimum absolute atomic E-state index is 0.180. The highest BCUT2D eigenvalue weighted by Crippen LogP contribution is 2.29. The van der Waals surface area contributed by atoms with Gasteiger partial charge in [-0.05, 0) is 41.6 Å². The molecule has 2 aromatic carbocycles. The summed E-state index contributed by atoms with van der Waals surface area (Å²) in [7, 11) is 3.05. The highest BCUT2D eigenvalue weighted by atomic mass is 19.1. The Labute approximate surface area is 159 Å². The molecule has 1 aromatic heterocycles. The highest BCUT2D eigenvalue weighted by Gasteiger charge is 2.10. The average Bonchev–Trinajstić information content (AvgIpc) is 3.16. The molecule has 9 nitrogen and oxygen atoms in total. The van der Waals surface area contributed by atoms with E-state index in [-0.39, 0.29) is 18.2 Å². The number of para-hydroxylation sites is 1. The third-order valence-electron chi connectivity index (χ3n) is 3.67. The van der Waals surface area contributed by atoms with Gasteiger partial charge in [-0.1, -0.05) is 6.07 Å². The van der Waals surface area contributed by atoms with Gasteiger partial charge in [0, 0.05) is 11.1 Å². The zero-order valence-electron chi connectivity index (χ0n) is 15.2. The Morgan fingerprint density at radius 3 is 2.71 bits per heavy atom. The Morgan fingerprint density at radius 2 is 2.00 bits per heavy atom. The largest absolute Gasteiger partial charge is 0.493 e. The van der Waals surface area contributed by atoms with Gasteiger partial charge in [0.05, 0.1) is 20.4 Å². The lowest BCUT2D eigenvalue weighted by atomic mass is 10.2. The van der Waals surface area contributed by atoms with Crippen molar-refractivity contribution in [2.75, 3.05) is 14.2 Å². The van der Waals surface area contributed by atoms with Crippen LogP contribution < -0.4 is 14.9 Å². The van der Waals surface area contributed by atoms with Gasteiger partial charge in [-0.3, -0.25) is 4.79 Å². The number of carbonyl (C=O) groups is 1. The molecule has 3 rings (SSSR count). The molecule has 28 heavy (non-hydrogen) atoms. The molecule has 3 aromatic rings. The van der Waals surface area contributed by atoms with Crippen molar-refractivity contribution < 1.29 is 18.7 Å². The predicted molar refractivity (Wildman–Crippen MR) is 98.5 cm³/mol. The number of rotatable bonds is 7. The number of nitrogens with zero attached hydrogens (tertiary/aromatic N) is 5. The maximum atomic E-state index is 13.0. The predicted octanol–water partition coefficient (Wildman–Crippen LogP) is 1.65. The first kappa shape index (κ1) is 19.0. The van der Waals surface area contributed by atoms with Crippen LogP contribution in [0, 0.1) is 5.82 Å². The molecule has 0 atom stereocenters. The second-order valence-electron chi connectivity index (χ2n) is 5.53. The molecule has 0 saturated carbocycles. The normalized spacial score (nSPS) is 10.8. The van der Waals surface area contributed by atoms with E-state index in [1.54, 1.807) is 18.2 Å². The number of hydrogen-bond acceptors (Lipinski definition) is 7. The van der Waals surface area contributed by atoms with Gasteiger partial charge >= 0.3 is 0 Å². The third kappa shape index (κ3) is 4.47. The van der Waals surface area contributed by atoms with E-state index in [9.17, 15) is 9.18 Å². The highest BCUT2D eigenvalue weighted by molar-refractivity contribution is 5.86. The Balaban J connectivity index is 1.61. The van der Waals surface area contributed by atoms with Crippen LogP contribution in [0.3, 0.4) is 0 Å². The fourth-order valence-electron chi connectivity index (χ4n) is 2.38. The number of benzene rings is 2. The van der Waals surface area contributed by atoms with Crippen molar-refractivity contribution in [1.29, 1.82) is 0 Å². The number of carbonyl (C=O) groups excluding carboxylic acids is 1. The maximum absolute atomic E-state index is 13.0. The van der Waals surface area contributed by atoms with E-state index in [0.29, 0.717) is 22.6 Å². The summed E-state index contributed by atoms with van der Waals surface area (Å²) < 4.78 is 23.5. The molecule has 0 bridgehead atoms. The number of amides is 1. The van der Waals surface area contributed by atoms with Crippen LogP contribution in [0.25, 0.3) is 11.4 Å². The number of tetrazole rings is 1. The molecule has 1 amide bonds. The minimum atomic E-state index is -0.443. The lowest BCUT2D eigenvalue weighted by Crippen LogP contribution is -2.24. The molecule has 0 saturated heterocycles. The van der Waals surface area contributed by atoms with Gasteiger partial charge in [-0.2, -0.15) is 9.90 Å². The van der Waals surface area contributed by atoms with Crippen molar-refractivity contribution in [1.82, 2.24) is 25.6 Å². The van der Waals surface area contributed by atoms with Crippen molar-refractivity contribution in [3.05, 3.63) is 53.8 Å². The first-order valence-electron chi connectivity index (χ1n) is 8.17. The van der Waals surface area contributed by atoms with Gasteiger partial charge in [-0.25, -0.2) is 9.82 Å². The molecule has 0 radical (unpaired) electrons. The first-order valence-corrected chi connectivity index (χ1v) is 8.17. The second kappa shape index (κ2) is 8.71. The van der Waals surface area contributed by atoms with E-state index in [1.807, 2.05) is 0 Å². The van der Waals surface area contributed by atoms with Crippen LogP contribution in [0.2, 0.25) is 0 Å². The first-order chi connectivity index (χ1) is 13.6. The molecule has 144 valence electrons. The van der Waals surface area contributed by atoms with Crippen molar-refractivity contribution >= 4 is 12.1 Å². The third-order valence-corrected chi connectivity index (χ3v) is 3.67. The van der Waals surface area contributed by atoms with E-state index in [1.165, 1.54) is 44.7 Å². The van der Waals surface area contributed by atoms with Crippen molar-refractivity contribution in [2.24, 2.45) is 5.10 Å². The summed E-state index contributed by atoms with van der Waals surface area (Å²) in [4.78, 5) is 13.1. The molecule has 10 heteroatoms. The van der Waals surface area contributed by atoms with Crippen molar-refractivity contribution in [3.8, 4) is 22.9 Å². The maximum Gasteiger partial charge on any atom is 0.263 e. The number of nitrogens with one attached hydrogen (secondary N) is 1. The topological polar surface area (TPSA) is 104 Å². The number of hydrogen-bond donors (Lipinski definition) is 1. The molecule has 0 aliphatic heterocycles. The zero-order chi connectivity index (χ0) is 19.9. The summed E-state index contributed by atoms with van der Waals surface area (Å²) in [5, 5.41) is 15.6. The van der Waals surface area contributed by atoms with Gasteiger partial charge in [0.2, 0.25) is 5.82 Å². The summed E-state index contributed by atoms with van der Waals surface area (Å²) in [6.45, 7) is -0.180. The number of hydrazone groups is 1.